The average Bonchev–Trinajstić information content (AvgIpc) is 2.90. The highest BCUT2D eigenvalue weighted by Gasteiger charge is 2.52. The van der Waals surface area contributed by atoms with Crippen molar-refractivity contribution in [2.45, 2.75) is 31.3 Å². The topological polar surface area (TPSA) is 38.3 Å². The van der Waals surface area contributed by atoms with Crippen molar-refractivity contribution >= 4 is 28.6 Å². The van der Waals surface area contributed by atoms with E-state index in [1.165, 1.54) is 9.75 Å². The van der Waals surface area contributed by atoms with Gasteiger partial charge in [0.2, 0.25) is 5.91 Å². The van der Waals surface area contributed by atoms with E-state index in [2.05, 4.69) is 30.4 Å². The van der Waals surface area contributed by atoms with Gasteiger partial charge in [0.25, 0.3) is 0 Å². The Morgan fingerprint density at radius 1 is 1.43 bits per heavy atom. The normalized spacial score (nSPS) is 17.4. The monoisotopic (exact) mass is 321 g/mol. The molecule has 1 aliphatic carbocycles. The Hall–Kier alpha value is -1.17. The Kier molecular flexibility index (Phi) is 4.15. The predicted molar refractivity (Wildman–Crippen MR) is 87.0 cm³/mol. The number of hydrogen-bond donors (Lipinski definition) is 1. The fourth-order valence-electron chi connectivity index (χ4n) is 2.54. The molecule has 2 heterocycles. The van der Waals surface area contributed by atoms with E-state index < -0.39 is 0 Å². The third-order valence-electron chi connectivity index (χ3n) is 3.99. The summed E-state index contributed by atoms with van der Waals surface area (Å²) in [7, 11) is 1.69. The average molecular weight is 321 g/mol. The lowest BCUT2D eigenvalue weighted by atomic mass is 10.0. The molecule has 21 heavy (non-hydrogen) atoms. The van der Waals surface area contributed by atoms with Crippen LogP contribution in [-0.2, 0) is 14.9 Å². The Labute approximate surface area is 133 Å². The van der Waals surface area contributed by atoms with E-state index in [4.69, 9.17) is 4.74 Å². The maximum atomic E-state index is 12.5. The third-order valence-corrected chi connectivity index (χ3v) is 6.16. The number of nitrogens with one attached hydrogen (secondary N) is 1. The molecule has 1 aliphatic rings. The van der Waals surface area contributed by atoms with Crippen molar-refractivity contribution < 1.29 is 9.53 Å². The van der Waals surface area contributed by atoms with Crippen molar-refractivity contribution in [3.05, 3.63) is 44.3 Å². The summed E-state index contributed by atoms with van der Waals surface area (Å²) in [4.78, 5) is 16.1. The molecule has 0 bridgehead atoms. The molecule has 1 N–H and O–H groups in total. The van der Waals surface area contributed by atoms with E-state index in [1.807, 2.05) is 11.4 Å². The summed E-state index contributed by atoms with van der Waals surface area (Å²) in [5.74, 6) is 0.139. The van der Waals surface area contributed by atoms with Crippen LogP contribution in [0.4, 0.5) is 0 Å². The molecule has 1 atom stereocenters. The molecule has 0 aliphatic heterocycles. The predicted octanol–water partition coefficient (Wildman–Crippen LogP) is 3.65. The minimum atomic E-state index is -0.266. The van der Waals surface area contributed by atoms with Crippen LogP contribution in [0, 0.1) is 6.92 Å². The maximum absolute atomic E-state index is 12.5. The zero-order valence-corrected chi connectivity index (χ0v) is 13.9. The van der Waals surface area contributed by atoms with Gasteiger partial charge in [-0.25, -0.2) is 0 Å². The molecule has 3 nitrogen and oxygen atoms in total. The van der Waals surface area contributed by atoms with Gasteiger partial charge in [-0.1, -0.05) is 6.07 Å². The number of methoxy groups -OCH3 is 1. The number of carbonyl (C=O) groups is 1. The van der Waals surface area contributed by atoms with Crippen molar-refractivity contribution in [2.24, 2.45) is 0 Å². The Morgan fingerprint density at radius 3 is 2.76 bits per heavy atom. The number of hydrogen-bond acceptors (Lipinski definition) is 4. The summed E-state index contributed by atoms with van der Waals surface area (Å²) in [5.41, 5.74) is -0.266. The number of carbonyl (C=O) groups excluding carboxylic acids is 1. The highest BCUT2D eigenvalue weighted by molar-refractivity contribution is 7.12. The van der Waals surface area contributed by atoms with Gasteiger partial charge in [0, 0.05) is 28.3 Å². The highest BCUT2D eigenvalue weighted by Crippen LogP contribution is 2.50. The molecule has 2 aromatic rings. The number of rotatable bonds is 6. The molecule has 1 saturated carbocycles. The van der Waals surface area contributed by atoms with Gasteiger partial charge in [-0.2, -0.15) is 0 Å². The molecule has 1 unspecified atom stereocenters. The van der Waals surface area contributed by atoms with Gasteiger partial charge in [-0.05, 0) is 43.3 Å². The molecular weight excluding hydrogens is 302 g/mol. The molecule has 0 spiro atoms. The quantitative estimate of drug-likeness (QED) is 0.882. The zero-order chi connectivity index (χ0) is 14.9. The molecular formula is C16H19NO2S2. The summed E-state index contributed by atoms with van der Waals surface area (Å²) in [6, 6.07) is 8.24. The maximum Gasteiger partial charge on any atom is 0.231 e. The lowest BCUT2D eigenvalue weighted by Crippen LogP contribution is -2.37. The number of thiophene rings is 2. The van der Waals surface area contributed by atoms with Gasteiger partial charge in [0.15, 0.2) is 0 Å². The Morgan fingerprint density at radius 2 is 2.24 bits per heavy atom. The van der Waals surface area contributed by atoms with Gasteiger partial charge in [-0.15, -0.1) is 22.7 Å². The van der Waals surface area contributed by atoms with Crippen LogP contribution in [0.3, 0.4) is 0 Å². The summed E-state index contributed by atoms with van der Waals surface area (Å²) in [6.07, 6.45) is 1.84. The van der Waals surface area contributed by atoms with Crippen LogP contribution in [0.15, 0.2) is 29.6 Å². The lowest BCUT2D eigenvalue weighted by molar-refractivity contribution is -0.124. The van der Waals surface area contributed by atoms with E-state index in [0.717, 1.165) is 17.7 Å². The first kappa shape index (κ1) is 14.8. The minimum Gasteiger partial charge on any atom is -0.374 e. The fraction of sp³-hybridized carbons (Fsp3) is 0.438. The second-order valence-corrected chi connectivity index (χ2v) is 7.71. The molecule has 0 radical (unpaired) electrons. The third kappa shape index (κ3) is 2.91. The van der Waals surface area contributed by atoms with Crippen molar-refractivity contribution in [3.63, 3.8) is 0 Å². The molecule has 3 rings (SSSR count). The SMILES string of the molecule is COC(CNC(=O)C1(c2cccs2)CC1)c1ccc(C)s1. The first-order chi connectivity index (χ1) is 10.2. The number of ether oxygens (including phenoxy) is 1. The molecule has 0 aromatic carbocycles. The van der Waals surface area contributed by atoms with Crippen molar-refractivity contribution in [3.8, 4) is 0 Å². The van der Waals surface area contributed by atoms with Gasteiger partial charge >= 0.3 is 0 Å². The van der Waals surface area contributed by atoms with E-state index in [-0.39, 0.29) is 17.4 Å². The standard InChI is InChI=1S/C16H19NO2S2/c1-11-5-6-13(21-11)12(19-2)10-17-15(18)16(7-8-16)14-4-3-9-20-14/h3-6,9,12H,7-8,10H2,1-2H3,(H,17,18). The number of amides is 1. The van der Waals surface area contributed by atoms with Gasteiger partial charge in [-0.3, -0.25) is 4.79 Å². The summed E-state index contributed by atoms with van der Waals surface area (Å²) >= 11 is 3.39. The van der Waals surface area contributed by atoms with Crippen LogP contribution < -0.4 is 5.32 Å². The highest BCUT2D eigenvalue weighted by atomic mass is 32.1. The first-order valence-electron chi connectivity index (χ1n) is 7.07. The van der Waals surface area contributed by atoms with Crippen LogP contribution >= 0.6 is 22.7 Å². The zero-order valence-electron chi connectivity index (χ0n) is 12.2. The van der Waals surface area contributed by atoms with E-state index in [9.17, 15) is 4.79 Å². The summed E-state index contributed by atoms with van der Waals surface area (Å²) in [5, 5.41) is 5.12. The van der Waals surface area contributed by atoms with Crippen LogP contribution in [0.25, 0.3) is 0 Å². The van der Waals surface area contributed by atoms with E-state index in [0.29, 0.717) is 6.54 Å². The van der Waals surface area contributed by atoms with E-state index >= 15 is 0 Å². The largest absolute Gasteiger partial charge is 0.374 e. The first-order valence-corrected chi connectivity index (χ1v) is 8.77. The Bertz CT molecular complexity index is 614. The second kappa shape index (κ2) is 5.91. The molecule has 1 fully saturated rings. The second-order valence-electron chi connectivity index (χ2n) is 5.44. The van der Waals surface area contributed by atoms with Crippen molar-refractivity contribution in [1.82, 2.24) is 5.32 Å². The van der Waals surface area contributed by atoms with Crippen molar-refractivity contribution in [1.29, 1.82) is 0 Å². The van der Waals surface area contributed by atoms with Crippen LogP contribution in [-0.4, -0.2) is 19.6 Å². The minimum absolute atomic E-state index is 0.0632. The lowest BCUT2D eigenvalue weighted by Gasteiger charge is -2.18. The number of aryl methyl sites for hydroxylation is 1. The Balaban J connectivity index is 1.63. The van der Waals surface area contributed by atoms with Crippen molar-refractivity contribution in [2.75, 3.05) is 13.7 Å². The molecule has 1 amide bonds. The summed E-state index contributed by atoms with van der Waals surface area (Å²) in [6.45, 7) is 2.61. The van der Waals surface area contributed by atoms with Crippen LogP contribution in [0.2, 0.25) is 0 Å². The van der Waals surface area contributed by atoms with Crippen LogP contribution in [0.5, 0.6) is 0 Å². The van der Waals surface area contributed by atoms with Crippen LogP contribution in [0.1, 0.15) is 33.6 Å². The van der Waals surface area contributed by atoms with Gasteiger partial charge in [0.05, 0.1) is 5.41 Å². The molecule has 112 valence electrons. The van der Waals surface area contributed by atoms with Gasteiger partial charge in [0.1, 0.15) is 6.10 Å². The summed E-state index contributed by atoms with van der Waals surface area (Å²) < 4.78 is 5.52. The molecule has 0 saturated heterocycles. The van der Waals surface area contributed by atoms with E-state index in [1.54, 1.807) is 29.8 Å². The smallest absolute Gasteiger partial charge is 0.231 e. The fourth-order valence-corrected chi connectivity index (χ4v) is 4.48. The molecule has 5 heteroatoms. The van der Waals surface area contributed by atoms with Gasteiger partial charge < -0.3 is 10.1 Å². The molecule has 2 aromatic heterocycles.